The highest BCUT2D eigenvalue weighted by molar-refractivity contribution is 6.06. The van der Waals surface area contributed by atoms with Crippen LogP contribution in [0, 0.1) is 0 Å². The molecule has 0 spiro atoms. The zero-order valence-corrected chi connectivity index (χ0v) is 22.6. The Morgan fingerprint density at radius 1 is 1.07 bits per heavy atom. The average Bonchev–Trinajstić information content (AvgIpc) is 3.53. The molecular weight excluding hydrogens is 595 g/mol. The largest absolute Gasteiger partial charge is 0.586 e. The fraction of sp³-hybridized carbons (Fsp3) is 0.241. The van der Waals surface area contributed by atoms with Crippen LogP contribution in [0.2, 0.25) is 0 Å². The van der Waals surface area contributed by atoms with Gasteiger partial charge >= 0.3 is 18.4 Å². The van der Waals surface area contributed by atoms with E-state index in [9.17, 15) is 36.6 Å². The van der Waals surface area contributed by atoms with Gasteiger partial charge in [-0.2, -0.15) is 18.3 Å². The van der Waals surface area contributed by atoms with Gasteiger partial charge in [-0.05, 0) is 55.7 Å². The Labute approximate surface area is 245 Å². The lowest BCUT2D eigenvalue weighted by molar-refractivity contribution is -0.286. The number of hydrogen-bond acceptors (Lipinski definition) is 7. The number of anilines is 1. The van der Waals surface area contributed by atoms with Crippen molar-refractivity contribution in [3.8, 4) is 22.9 Å². The molecule has 44 heavy (non-hydrogen) atoms. The van der Waals surface area contributed by atoms with Crippen molar-refractivity contribution in [1.82, 2.24) is 14.8 Å². The summed E-state index contributed by atoms with van der Waals surface area (Å²) < 4.78 is 85.2. The Kier molecular flexibility index (Phi) is 6.89. The maximum absolute atomic E-state index is 14.1. The van der Waals surface area contributed by atoms with E-state index in [1.807, 2.05) is 0 Å². The molecule has 10 nitrogen and oxygen atoms in total. The summed E-state index contributed by atoms with van der Waals surface area (Å²) in [7, 11) is 1.39. The number of halogens is 5. The number of aromatic carboxylic acids is 1. The molecule has 1 aliphatic carbocycles. The number of fused-ring (bicyclic) bond motifs is 2. The van der Waals surface area contributed by atoms with Crippen LogP contribution >= 0.6 is 0 Å². The van der Waals surface area contributed by atoms with Gasteiger partial charge in [0, 0.05) is 36.1 Å². The third-order valence-electron chi connectivity index (χ3n) is 7.14. The summed E-state index contributed by atoms with van der Waals surface area (Å²) in [5.74, 6) is -2.26. The first-order valence-electron chi connectivity index (χ1n) is 13.1. The lowest BCUT2D eigenvalue weighted by Gasteiger charge is -2.26. The van der Waals surface area contributed by atoms with Crippen molar-refractivity contribution in [1.29, 1.82) is 0 Å². The fourth-order valence-corrected chi connectivity index (χ4v) is 5.17. The third kappa shape index (κ3) is 5.36. The van der Waals surface area contributed by atoms with Crippen molar-refractivity contribution >= 4 is 17.6 Å². The molecule has 0 radical (unpaired) electrons. The standard InChI is InChI=1S/C29H21F5N4O6/c1-37(17-8-9-21-23(12-17)44-29(33,34)43-21)26(39)15-4-2-5-18(10-15)38-24-20(25(36-38)28(30,31)32)6-3-7-22(24)42-19-11-16(27(40)41)13-35-14-19/h2,4-5,8-14,22H,3,6-7H2,1H3,(H,40,41)/t22-/m1/s1. The Bertz CT molecular complexity index is 1790. The van der Waals surface area contributed by atoms with E-state index in [4.69, 9.17) is 4.74 Å². The van der Waals surface area contributed by atoms with Crippen molar-refractivity contribution in [2.75, 3.05) is 11.9 Å². The summed E-state index contributed by atoms with van der Waals surface area (Å²) in [6, 6.07) is 10.8. The average molecular weight is 616 g/mol. The fourth-order valence-electron chi connectivity index (χ4n) is 5.17. The molecular formula is C29H21F5N4O6. The second-order valence-corrected chi connectivity index (χ2v) is 10.0. The molecule has 1 aliphatic heterocycles. The summed E-state index contributed by atoms with van der Waals surface area (Å²) in [6.07, 6.45) is -6.46. The number of amides is 1. The Morgan fingerprint density at radius 2 is 1.84 bits per heavy atom. The normalized spacial score (nSPS) is 16.7. The Balaban J connectivity index is 1.36. The summed E-state index contributed by atoms with van der Waals surface area (Å²) in [4.78, 5) is 29.8. The monoisotopic (exact) mass is 616 g/mol. The molecule has 1 N–H and O–H groups in total. The van der Waals surface area contributed by atoms with Crippen LogP contribution < -0.4 is 19.1 Å². The molecule has 1 amide bonds. The molecule has 2 aliphatic rings. The first-order valence-corrected chi connectivity index (χ1v) is 13.1. The van der Waals surface area contributed by atoms with Crippen LogP contribution in [0.3, 0.4) is 0 Å². The van der Waals surface area contributed by atoms with Crippen LogP contribution in [0.4, 0.5) is 27.6 Å². The van der Waals surface area contributed by atoms with Crippen molar-refractivity contribution in [3.63, 3.8) is 0 Å². The SMILES string of the molecule is CN(C(=O)c1cccc(-n2nc(C(F)(F)F)c3c2[C@H](Oc2cncc(C(=O)O)c2)CCC3)c1)c1ccc2c(c1)OC(F)(F)O2. The smallest absolute Gasteiger partial charge is 0.482 e. The van der Waals surface area contributed by atoms with Crippen LogP contribution in [0.1, 0.15) is 56.6 Å². The number of pyridine rings is 1. The molecule has 228 valence electrons. The van der Waals surface area contributed by atoms with E-state index < -0.39 is 36.1 Å². The second-order valence-electron chi connectivity index (χ2n) is 10.0. The topological polar surface area (TPSA) is 116 Å². The first-order chi connectivity index (χ1) is 20.8. The number of aromatic nitrogens is 3. The van der Waals surface area contributed by atoms with Gasteiger partial charge in [0.1, 0.15) is 11.9 Å². The van der Waals surface area contributed by atoms with E-state index in [2.05, 4.69) is 19.6 Å². The van der Waals surface area contributed by atoms with E-state index >= 15 is 0 Å². The molecule has 15 heteroatoms. The van der Waals surface area contributed by atoms with Crippen molar-refractivity contribution in [3.05, 3.63) is 89.0 Å². The van der Waals surface area contributed by atoms with Gasteiger partial charge in [-0.1, -0.05) is 6.07 Å². The van der Waals surface area contributed by atoms with Gasteiger partial charge in [-0.25, -0.2) is 9.48 Å². The molecule has 0 fully saturated rings. The molecule has 0 bridgehead atoms. The van der Waals surface area contributed by atoms with Crippen LogP contribution in [0.5, 0.6) is 17.2 Å². The summed E-state index contributed by atoms with van der Waals surface area (Å²) in [6.45, 7) is 0. The number of carbonyl (C=O) groups excluding carboxylic acids is 1. The van der Waals surface area contributed by atoms with Gasteiger partial charge in [0.2, 0.25) is 0 Å². The molecule has 0 saturated heterocycles. The molecule has 2 aromatic carbocycles. The summed E-state index contributed by atoms with van der Waals surface area (Å²) in [5, 5.41) is 13.2. The predicted octanol–water partition coefficient (Wildman–Crippen LogP) is 6.04. The number of benzene rings is 2. The zero-order valence-electron chi connectivity index (χ0n) is 22.6. The molecule has 4 aromatic rings. The van der Waals surface area contributed by atoms with Gasteiger partial charge in [0.15, 0.2) is 17.2 Å². The van der Waals surface area contributed by atoms with E-state index in [-0.39, 0.29) is 57.4 Å². The molecule has 2 aromatic heterocycles. The number of alkyl halides is 5. The van der Waals surface area contributed by atoms with Gasteiger partial charge < -0.3 is 24.2 Å². The van der Waals surface area contributed by atoms with Crippen LogP contribution in [0.15, 0.2) is 60.9 Å². The lowest BCUT2D eigenvalue weighted by Crippen LogP contribution is -2.26. The molecule has 1 atom stereocenters. The highest BCUT2D eigenvalue weighted by Crippen LogP contribution is 2.44. The number of carbonyl (C=O) groups is 2. The number of carboxylic acid groups (broad SMARTS) is 1. The number of hydrogen-bond donors (Lipinski definition) is 1. The lowest BCUT2D eigenvalue weighted by atomic mass is 9.92. The highest BCUT2D eigenvalue weighted by Gasteiger charge is 2.44. The molecule has 0 unspecified atom stereocenters. The van der Waals surface area contributed by atoms with Crippen LogP contribution in [0.25, 0.3) is 5.69 Å². The van der Waals surface area contributed by atoms with Gasteiger partial charge in [0.05, 0.1) is 23.1 Å². The van der Waals surface area contributed by atoms with E-state index in [1.54, 1.807) is 0 Å². The first kappa shape index (κ1) is 28.9. The zero-order chi connectivity index (χ0) is 31.4. The summed E-state index contributed by atoms with van der Waals surface area (Å²) >= 11 is 0. The van der Waals surface area contributed by atoms with Crippen molar-refractivity contribution < 1.29 is 50.9 Å². The van der Waals surface area contributed by atoms with Crippen molar-refractivity contribution in [2.45, 2.75) is 37.8 Å². The van der Waals surface area contributed by atoms with Crippen molar-refractivity contribution in [2.24, 2.45) is 0 Å². The quantitative estimate of drug-likeness (QED) is 0.261. The molecule has 3 heterocycles. The molecule has 0 saturated carbocycles. The minimum absolute atomic E-state index is 0.0519. The third-order valence-corrected chi connectivity index (χ3v) is 7.14. The maximum atomic E-state index is 14.1. The second kappa shape index (κ2) is 10.5. The minimum atomic E-state index is -4.79. The minimum Gasteiger partial charge on any atom is -0.482 e. The maximum Gasteiger partial charge on any atom is 0.586 e. The van der Waals surface area contributed by atoms with E-state index in [0.29, 0.717) is 12.8 Å². The van der Waals surface area contributed by atoms with Gasteiger partial charge in [-0.15, -0.1) is 8.78 Å². The van der Waals surface area contributed by atoms with E-state index in [0.717, 1.165) is 15.8 Å². The van der Waals surface area contributed by atoms with Gasteiger partial charge in [-0.3, -0.25) is 9.78 Å². The number of ether oxygens (including phenoxy) is 3. The van der Waals surface area contributed by atoms with Gasteiger partial charge in [0.25, 0.3) is 5.91 Å². The number of rotatable bonds is 6. The number of nitrogens with zero attached hydrogens (tertiary/aromatic N) is 4. The van der Waals surface area contributed by atoms with Crippen LogP contribution in [-0.4, -0.2) is 45.1 Å². The van der Waals surface area contributed by atoms with Crippen LogP contribution in [-0.2, 0) is 12.6 Å². The highest BCUT2D eigenvalue weighted by atomic mass is 19.4. The molecule has 6 rings (SSSR count). The number of carboxylic acids is 1. The van der Waals surface area contributed by atoms with E-state index in [1.165, 1.54) is 61.8 Å². The Morgan fingerprint density at radius 3 is 2.59 bits per heavy atom. The Hall–Kier alpha value is -5.21. The summed E-state index contributed by atoms with van der Waals surface area (Å²) in [5.41, 5.74) is -0.812. The predicted molar refractivity (Wildman–Crippen MR) is 141 cm³/mol.